The molecule has 1 aromatic carbocycles. The van der Waals surface area contributed by atoms with Crippen molar-refractivity contribution in [1.82, 2.24) is 5.32 Å². The molecule has 0 unspecified atom stereocenters. The third-order valence-corrected chi connectivity index (χ3v) is 7.50. The Hall–Kier alpha value is -1.36. The lowest BCUT2D eigenvalue weighted by Gasteiger charge is -2.59. The molecule has 0 heterocycles. The fourth-order valence-corrected chi connectivity index (χ4v) is 6.43. The van der Waals surface area contributed by atoms with Crippen molar-refractivity contribution < 1.29 is 14.3 Å². The largest absolute Gasteiger partial charge is 0.452 e. The fraction of sp³-hybridized carbons (Fsp3) is 0.619. The molecule has 0 aromatic heterocycles. The molecule has 5 rings (SSSR count). The maximum Gasteiger partial charge on any atom is 0.339 e. The van der Waals surface area contributed by atoms with Gasteiger partial charge in [-0.15, -0.1) is 0 Å². The lowest BCUT2D eigenvalue weighted by Crippen LogP contribution is -2.56. The van der Waals surface area contributed by atoms with Crippen LogP contribution in [-0.4, -0.2) is 24.5 Å². The number of hydrogen-bond acceptors (Lipinski definition) is 3. The van der Waals surface area contributed by atoms with Gasteiger partial charge in [-0.2, -0.15) is 0 Å². The van der Waals surface area contributed by atoms with Crippen LogP contribution < -0.4 is 5.32 Å². The lowest BCUT2D eigenvalue weighted by molar-refractivity contribution is -0.128. The van der Waals surface area contributed by atoms with Crippen molar-refractivity contribution in [3.8, 4) is 0 Å². The van der Waals surface area contributed by atoms with E-state index < -0.39 is 5.97 Å². The fourth-order valence-electron chi connectivity index (χ4n) is 5.98. The molecular weight excluding hydrogens is 394 g/mol. The van der Waals surface area contributed by atoms with Gasteiger partial charge in [0.2, 0.25) is 0 Å². The molecule has 1 aromatic rings. The number of nitrogens with one attached hydrogen (secondary N) is 1. The number of benzene rings is 1. The quantitative estimate of drug-likeness (QED) is 0.722. The predicted molar refractivity (Wildman–Crippen MR) is 103 cm³/mol. The van der Waals surface area contributed by atoms with Crippen LogP contribution in [0.25, 0.3) is 0 Å². The summed E-state index contributed by atoms with van der Waals surface area (Å²) in [4.78, 5) is 24.5. The van der Waals surface area contributed by atoms with Crippen molar-refractivity contribution >= 4 is 27.8 Å². The number of carbonyl (C=O) groups excluding carboxylic acids is 2. The zero-order chi connectivity index (χ0) is 18.3. The maximum atomic E-state index is 12.4. The summed E-state index contributed by atoms with van der Waals surface area (Å²) < 4.78 is 5.88. The molecule has 4 fully saturated rings. The second-order valence-corrected chi connectivity index (χ2v) is 9.48. The molecule has 0 saturated heterocycles. The lowest BCUT2D eigenvalue weighted by atomic mass is 9.48. The van der Waals surface area contributed by atoms with Crippen molar-refractivity contribution in [1.29, 1.82) is 0 Å². The summed E-state index contributed by atoms with van der Waals surface area (Å²) >= 11 is 3.33. The van der Waals surface area contributed by atoms with E-state index in [-0.39, 0.29) is 24.0 Å². The second kappa shape index (κ2) is 6.99. The van der Waals surface area contributed by atoms with Crippen LogP contribution in [0.4, 0.5) is 0 Å². The molecule has 1 N–H and O–H groups in total. The van der Waals surface area contributed by atoms with Gasteiger partial charge in [-0.05, 0) is 96.7 Å². The topological polar surface area (TPSA) is 55.4 Å². The first-order valence-electron chi connectivity index (χ1n) is 9.66. The molecule has 0 radical (unpaired) electrons. The summed E-state index contributed by atoms with van der Waals surface area (Å²) in [7, 11) is 0. The minimum atomic E-state index is -0.477. The van der Waals surface area contributed by atoms with Crippen LogP contribution in [-0.2, 0) is 9.53 Å². The number of ether oxygens (including phenoxy) is 1. The van der Waals surface area contributed by atoms with E-state index >= 15 is 0 Å². The Kier molecular flexibility index (Phi) is 4.84. The SMILES string of the molecule is C[C@H](NC(=O)COC(=O)c1ccccc1Br)C12CC3CC(CC(C3)C1)C2. The van der Waals surface area contributed by atoms with Crippen LogP contribution in [0, 0.1) is 23.2 Å². The van der Waals surface area contributed by atoms with Crippen molar-refractivity contribution in [2.24, 2.45) is 23.2 Å². The van der Waals surface area contributed by atoms with E-state index in [9.17, 15) is 9.59 Å². The van der Waals surface area contributed by atoms with Crippen LogP contribution in [0.3, 0.4) is 0 Å². The molecule has 4 aliphatic carbocycles. The molecule has 4 nitrogen and oxygen atoms in total. The summed E-state index contributed by atoms with van der Waals surface area (Å²) in [6.45, 7) is 1.91. The van der Waals surface area contributed by atoms with Crippen LogP contribution in [0.2, 0.25) is 0 Å². The highest BCUT2D eigenvalue weighted by Gasteiger charge is 2.53. The van der Waals surface area contributed by atoms with Gasteiger partial charge in [-0.25, -0.2) is 4.79 Å². The van der Waals surface area contributed by atoms with Crippen molar-refractivity contribution in [2.45, 2.75) is 51.5 Å². The number of esters is 1. The van der Waals surface area contributed by atoms with E-state index in [4.69, 9.17) is 4.74 Å². The standard InChI is InChI=1S/C21H26BrNO3/c1-13(21-9-14-6-15(10-21)8-16(7-14)11-21)23-19(24)12-26-20(25)17-4-2-3-5-18(17)22/h2-5,13-16H,6-12H2,1H3,(H,23,24)/t13-,14?,15?,16?,21?/m0/s1. The highest BCUT2D eigenvalue weighted by Crippen LogP contribution is 2.61. The van der Waals surface area contributed by atoms with Gasteiger partial charge in [0.05, 0.1) is 5.56 Å². The summed E-state index contributed by atoms with van der Waals surface area (Å²) in [5.41, 5.74) is 0.700. The summed E-state index contributed by atoms with van der Waals surface area (Å²) in [5.74, 6) is 1.89. The smallest absolute Gasteiger partial charge is 0.339 e. The number of carbonyl (C=O) groups is 2. The van der Waals surface area contributed by atoms with Crippen molar-refractivity contribution in [3.05, 3.63) is 34.3 Å². The zero-order valence-corrected chi connectivity index (χ0v) is 16.8. The minimum Gasteiger partial charge on any atom is -0.452 e. The molecule has 4 saturated carbocycles. The number of halogens is 1. The van der Waals surface area contributed by atoms with E-state index in [1.807, 2.05) is 6.07 Å². The molecule has 1 amide bonds. The average Bonchev–Trinajstić information content (AvgIpc) is 2.59. The Morgan fingerprint density at radius 2 is 1.73 bits per heavy atom. The molecule has 0 aliphatic heterocycles. The Morgan fingerprint density at radius 1 is 1.15 bits per heavy atom. The van der Waals surface area contributed by atoms with Gasteiger partial charge < -0.3 is 10.1 Å². The Bertz CT molecular complexity index is 682. The second-order valence-electron chi connectivity index (χ2n) is 8.63. The van der Waals surface area contributed by atoms with Crippen LogP contribution in [0.1, 0.15) is 55.8 Å². The van der Waals surface area contributed by atoms with Crippen molar-refractivity contribution in [2.75, 3.05) is 6.61 Å². The minimum absolute atomic E-state index is 0.144. The molecular formula is C21H26BrNO3. The van der Waals surface area contributed by atoms with Gasteiger partial charge in [0.1, 0.15) is 0 Å². The molecule has 140 valence electrons. The summed E-state index contributed by atoms with van der Waals surface area (Å²) in [6.07, 6.45) is 7.92. The van der Waals surface area contributed by atoms with E-state index in [0.29, 0.717) is 10.0 Å². The average molecular weight is 420 g/mol. The van der Waals surface area contributed by atoms with E-state index in [0.717, 1.165) is 17.8 Å². The number of hydrogen-bond donors (Lipinski definition) is 1. The normalized spacial score (nSPS) is 32.9. The monoisotopic (exact) mass is 419 g/mol. The van der Waals surface area contributed by atoms with Gasteiger partial charge in [0, 0.05) is 10.5 Å². The Labute approximate surface area is 163 Å². The molecule has 1 atom stereocenters. The predicted octanol–water partition coefficient (Wildman–Crippen LogP) is 4.33. The zero-order valence-electron chi connectivity index (χ0n) is 15.2. The third kappa shape index (κ3) is 3.42. The first-order chi connectivity index (χ1) is 12.4. The molecule has 4 bridgehead atoms. The van der Waals surface area contributed by atoms with E-state index in [2.05, 4.69) is 28.2 Å². The third-order valence-electron chi connectivity index (χ3n) is 6.81. The van der Waals surface area contributed by atoms with Gasteiger partial charge in [0.15, 0.2) is 6.61 Å². The first-order valence-corrected chi connectivity index (χ1v) is 10.5. The van der Waals surface area contributed by atoms with Gasteiger partial charge in [0.25, 0.3) is 5.91 Å². The highest BCUT2D eigenvalue weighted by atomic mass is 79.9. The highest BCUT2D eigenvalue weighted by molar-refractivity contribution is 9.10. The van der Waals surface area contributed by atoms with Crippen LogP contribution in [0.5, 0.6) is 0 Å². The van der Waals surface area contributed by atoms with Crippen LogP contribution in [0.15, 0.2) is 28.7 Å². The summed E-state index contributed by atoms with van der Waals surface area (Å²) in [6, 6.07) is 7.22. The molecule has 4 aliphatic rings. The van der Waals surface area contributed by atoms with E-state index in [1.165, 1.54) is 38.5 Å². The first kappa shape index (κ1) is 18.0. The Balaban J connectivity index is 1.32. The van der Waals surface area contributed by atoms with Crippen molar-refractivity contribution in [3.63, 3.8) is 0 Å². The number of amides is 1. The molecule has 0 spiro atoms. The summed E-state index contributed by atoms with van der Waals surface area (Å²) in [5, 5.41) is 3.13. The van der Waals surface area contributed by atoms with Gasteiger partial charge in [-0.3, -0.25) is 4.79 Å². The van der Waals surface area contributed by atoms with Gasteiger partial charge in [-0.1, -0.05) is 12.1 Å². The van der Waals surface area contributed by atoms with E-state index in [1.54, 1.807) is 18.2 Å². The number of rotatable bonds is 5. The maximum absolute atomic E-state index is 12.4. The van der Waals surface area contributed by atoms with Gasteiger partial charge >= 0.3 is 5.97 Å². The van der Waals surface area contributed by atoms with Crippen LogP contribution >= 0.6 is 15.9 Å². The Morgan fingerprint density at radius 3 is 2.31 bits per heavy atom. The molecule has 26 heavy (non-hydrogen) atoms. The molecule has 5 heteroatoms.